The van der Waals surface area contributed by atoms with E-state index in [4.69, 9.17) is 0 Å². The summed E-state index contributed by atoms with van der Waals surface area (Å²) < 4.78 is 26.2. The van der Waals surface area contributed by atoms with E-state index < -0.39 is 17.2 Å². The standard InChI is InChI=1S/C14H17F2NO/c15-12-5-4-9(6-13(12)16)14(18)7-10-2-1-3-11(8-14)17-10/h4-6,10-11,17-18H,1-3,7-8H2. The fourth-order valence-electron chi connectivity index (χ4n) is 3.35. The summed E-state index contributed by atoms with van der Waals surface area (Å²) in [6.45, 7) is 0. The van der Waals surface area contributed by atoms with Crippen molar-refractivity contribution in [2.75, 3.05) is 0 Å². The maximum absolute atomic E-state index is 13.3. The van der Waals surface area contributed by atoms with E-state index in [1.54, 1.807) is 0 Å². The van der Waals surface area contributed by atoms with Crippen LogP contribution in [0.1, 0.15) is 37.7 Å². The maximum Gasteiger partial charge on any atom is 0.159 e. The molecule has 18 heavy (non-hydrogen) atoms. The normalized spacial score (nSPS) is 35.5. The van der Waals surface area contributed by atoms with Crippen LogP contribution in [0.4, 0.5) is 8.78 Å². The molecular weight excluding hydrogens is 236 g/mol. The number of rotatable bonds is 1. The molecule has 0 aliphatic carbocycles. The smallest absolute Gasteiger partial charge is 0.159 e. The summed E-state index contributed by atoms with van der Waals surface area (Å²) in [5.41, 5.74) is -0.518. The monoisotopic (exact) mass is 253 g/mol. The Morgan fingerprint density at radius 2 is 1.78 bits per heavy atom. The van der Waals surface area contributed by atoms with Crippen molar-refractivity contribution >= 4 is 0 Å². The van der Waals surface area contributed by atoms with Gasteiger partial charge in [0.05, 0.1) is 5.60 Å². The Morgan fingerprint density at radius 1 is 1.11 bits per heavy atom. The van der Waals surface area contributed by atoms with Gasteiger partial charge in [0.2, 0.25) is 0 Å². The third-order valence-electron chi connectivity index (χ3n) is 4.20. The van der Waals surface area contributed by atoms with Gasteiger partial charge in [0.1, 0.15) is 0 Å². The van der Waals surface area contributed by atoms with Crippen LogP contribution in [-0.2, 0) is 5.60 Å². The van der Waals surface area contributed by atoms with E-state index in [9.17, 15) is 13.9 Å². The van der Waals surface area contributed by atoms with Gasteiger partial charge in [-0.15, -0.1) is 0 Å². The first-order valence-corrected chi connectivity index (χ1v) is 6.51. The minimum Gasteiger partial charge on any atom is -0.385 e. The van der Waals surface area contributed by atoms with Gasteiger partial charge < -0.3 is 10.4 Å². The molecule has 0 spiro atoms. The second-order valence-electron chi connectivity index (χ2n) is 5.56. The van der Waals surface area contributed by atoms with Crippen molar-refractivity contribution < 1.29 is 13.9 Å². The number of piperidine rings is 2. The average molecular weight is 253 g/mol. The van der Waals surface area contributed by atoms with Crippen LogP contribution in [0, 0.1) is 11.6 Å². The van der Waals surface area contributed by atoms with E-state index in [0.29, 0.717) is 18.4 Å². The summed E-state index contributed by atoms with van der Waals surface area (Å²) in [4.78, 5) is 0. The molecule has 1 aromatic rings. The third-order valence-corrected chi connectivity index (χ3v) is 4.20. The van der Waals surface area contributed by atoms with Crippen LogP contribution in [0.15, 0.2) is 18.2 Å². The van der Waals surface area contributed by atoms with Crippen LogP contribution in [0.3, 0.4) is 0 Å². The van der Waals surface area contributed by atoms with Gasteiger partial charge in [-0.3, -0.25) is 0 Å². The molecule has 4 heteroatoms. The molecule has 2 unspecified atom stereocenters. The highest BCUT2D eigenvalue weighted by atomic mass is 19.2. The van der Waals surface area contributed by atoms with Gasteiger partial charge in [0.25, 0.3) is 0 Å². The Morgan fingerprint density at radius 3 is 2.39 bits per heavy atom. The largest absolute Gasteiger partial charge is 0.385 e. The number of aliphatic hydroxyl groups is 1. The van der Waals surface area contributed by atoms with Crippen molar-refractivity contribution in [3.8, 4) is 0 Å². The lowest BCUT2D eigenvalue weighted by Crippen LogP contribution is -2.54. The summed E-state index contributed by atoms with van der Waals surface area (Å²) in [6, 6.07) is 4.31. The topological polar surface area (TPSA) is 32.3 Å². The molecule has 2 saturated heterocycles. The zero-order valence-corrected chi connectivity index (χ0v) is 10.1. The zero-order valence-electron chi connectivity index (χ0n) is 10.1. The van der Waals surface area contributed by atoms with E-state index in [0.717, 1.165) is 25.0 Å². The predicted molar refractivity (Wildman–Crippen MR) is 64.1 cm³/mol. The zero-order chi connectivity index (χ0) is 12.8. The molecule has 3 rings (SSSR count). The average Bonchev–Trinajstić information content (AvgIpc) is 2.32. The van der Waals surface area contributed by atoms with E-state index in [1.165, 1.54) is 12.5 Å². The highest BCUT2D eigenvalue weighted by Gasteiger charge is 2.41. The van der Waals surface area contributed by atoms with E-state index in [1.807, 2.05) is 0 Å². The SMILES string of the molecule is OC1(c2ccc(F)c(F)c2)CC2CCCC(C1)N2. The van der Waals surface area contributed by atoms with E-state index in [2.05, 4.69) is 5.32 Å². The lowest BCUT2D eigenvalue weighted by molar-refractivity contribution is -0.0361. The van der Waals surface area contributed by atoms with E-state index in [-0.39, 0.29) is 12.1 Å². The number of fused-ring (bicyclic) bond motifs is 2. The third kappa shape index (κ3) is 2.04. The van der Waals surface area contributed by atoms with Gasteiger partial charge in [-0.25, -0.2) is 8.78 Å². The highest BCUT2D eigenvalue weighted by Crippen LogP contribution is 2.39. The Kier molecular flexibility index (Phi) is 2.87. The summed E-state index contributed by atoms with van der Waals surface area (Å²) >= 11 is 0. The van der Waals surface area contributed by atoms with Crippen molar-refractivity contribution in [2.45, 2.75) is 49.8 Å². The number of nitrogens with one attached hydrogen (secondary N) is 1. The van der Waals surface area contributed by atoms with Crippen LogP contribution in [0.5, 0.6) is 0 Å². The van der Waals surface area contributed by atoms with Crippen LogP contribution in [0.25, 0.3) is 0 Å². The summed E-state index contributed by atoms with van der Waals surface area (Å²) in [7, 11) is 0. The second-order valence-corrected chi connectivity index (χ2v) is 5.56. The molecule has 2 aliphatic heterocycles. The number of halogens is 2. The van der Waals surface area contributed by atoms with E-state index >= 15 is 0 Å². The van der Waals surface area contributed by atoms with Crippen molar-refractivity contribution in [1.29, 1.82) is 0 Å². The second kappa shape index (κ2) is 4.28. The minimum atomic E-state index is -1.02. The summed E-state index contributed by atoms with van der Waals surface area (Å²) in [5, 5.41) is 14.2. The van der Waals surface area contributed by atoms with Gasteiger partial charge in [-0.2, -0.15) is 0 Å². The van der Waals surface area contributed by atoms with Gasteiger partial charge in [-0.1, -0.05) is 12.5 Å². The molecule has 0 aromatic heterocycles. The quantitative estimate of drug-likeness (QED) is 0.805. The first-order chi connectivity index (χ1) is 8.57. The lowest BCUT2D eigenvalue weighted by Gasteiger charge is -2.45. The van der Waals surface area contributed by atoms with Gasteiger partial charge in [-0.05, 0) is 43.4 Å². The van der Waals surface area contributed by atoms with Crippen LogP contribution >= 0.6 is 0 Å². The van der Waals surface area contributed by atoms with Gasteiger partial charge in [0.15, 0.2) is 11.6 Å². The Bertz CT molecular complexity index is 451. The van der Waals surface area contributed by atoms with Crippen molar-refractivity contribution in [1.82, 2.24) is 5.32 Å². The minimum absolute atomic E-state index is 0.288. The fraction of sp³-hybridized carbons (Fsp3) is 0.571. The molecular formula is C14H17F2NO. The first kappa shape index (κ1) is 12.1. The Balaban J connectivity index is 1.91. The molecule has 2 aliphatic rings. The molecule has 0 radical (unpaired) electrons. The van der Waals surface area contributed by atoms with Gasteiger partial charge in [0, 0.05) is 12.1 Å². The number of hydrogen-bond donors (Lipinski definition) is 2. The fourth-order valence-corrected chi connectivity index (χ4v) is 3.35. The molecule has 0 amide bonds. The van der Waals surface area contributed by atoms with Crippen LogP contribution < -0.4 is 5.32 Å². The summed E-state index contributed by atoms with van der Waals surface area (Å²) in [6.07, 6.45) is 4.42. The Labute approximate surface area is 105 Å². The van der Waals surface area contributed by atoms with Gasteiger partial charge >= 0.3 is 0 Å². The number of benzene rings is 1. The molecule has 2 atom stereocenters. The first-order valence-electron chi connectivity index (χ1n) is 6.51. The Hall–Kier alpha value is -1.00. The summed E-state index contributed by atoms with van der Waals surface area (Å²) in [5.74, 6) is -1.75. The van der Waals surface area contributed by atoms with Crippen molar-refractivity contribution in [2.24, 2.45) is 0 Å². The van der Waals surface area contributed by atoms with Crippen LogP contribution in [-0.4, -0.2) is 17.2 Å². The molecule has 2 fully saturated rings. The molecule has 2 bridgehead atoms. The molecule has 2 nitrogen and oxygen atoms in total. The predicted octanol–water partition coefficient (Wildman–Crippen LogP) is 2.46. The molecule has 2 heterocycles. The highest BCUT2D eigenvalue weighted by molar-refractivity contribution is 5.26. The van der Waals surface area contributed by atoms with Crippen molar-refractivity contribution in [3.05, 3.63) is 35.4 Å². The maximum atomic E-state index is 13.3. The van der Waals surface area contributed by atoms with Crippen molar-refractivity contribution in [3.63, 3.8) is 0 Å². The molecule has 98 valence electrons. The lowest BCUT2D eigenvalue weighted by atomic mass is 9.74. The molecule has 2 N–H and O–H groups in total. The van der Waals surface area contributed by atoms with Crippen LogP contribution in [0.2, 0.25) is 0 Å². The molecule has 0 saturated carbocycles. The number of hydrogen-bond acceptors (Lipinski definition) is 2. The molecule has 1 aromatic carbocycles.